The molecule has 0 saturated carbocycles. The molecule has 1 aromatic heterocycles. The molecular weight excluding hydrogens is 204 g/mol. The summed E-state index contributed by atoms with van der Waals surface area (Å²) in [6, 6.07) is 3.05. The number of hydrogen-bond donors (Lipinski definition) is 2. The van der Waals surface area contributed by atoms with Crippen LogP contribution in [-0.4, -0.2) is 22.5 Å². The van der Waals surface area contributed by atoms with E-state index in [2.05, 4.69) is 17.2 Å². The molecule has 0 aliphatic rings. The van der Waals surface area contributed by atoms with E-state index in [9.17, 15) is 9.90 Å². The van der Waals surface area contributed by atoms with Crippen molar-refractivity contribution in [1.82, 2.24) is 10.3 Å². The summed E-state index contributed by atoms with van der Waals surface area (Å²) in [6.45, 7) is 2.78. The second-order valence-corrected chi connectivity index (χ2v) is 3.69. The fourth-order valence-electron chi connectivity index (χ4n) is 1.41. The van der Waals surface area contributed by atoms with Crippen LogP contribution < -0.4 is 5.32 Å². The highest BCUT2D eigenvalue weighted by atomic mass is 16.3. The molecule has 0 aliphatic heterocycles. The Kier molecular flexibility index (Phi) is 5.32. The minimum absolute atomic E-state index is 0.0754. The number of unbranched alkanes of at least 4 members (excludes halogenated alkanes) is 3. The number of carbonyl (C=O) groups excluding carboxylic acids is 1. The van der Waals surface area contributed by atoms with Crippen LogP contribution >= 0.6 is 0 Å². The highest BCUT2D eigenvalue weighted by molar-refractivity contribution is 5.94. The SMILES string of the molecule is CCCCCCNC(=O)c1ncccc1O. The number of nitrogens with one attached hydrogen (secondary N) is 1. The van der Waals surface area contributed by atoms with E-state index in [1.165, 1.54) is 25.1 Å². The molecular formula is C12H18N2O2. The number of pyridine rings is 1. The molecule has 4 nitrogen and oxygen atoms in total. The van der Waals surface area contributed by atoms with Crippen molar-refractivity contribution in [2.45, 2.75) is 32.6 Å². The van der Waals surface area contributed by atoms with Crippen LogP contribution in [0.3, 0.4) is 0 Å². The Balaban J connectivity index is 2.33. The topological polar surface area (TPSA) is 62.2 Å². The van der Waals surface area contributed by atoms with Crippen LogP contribution in [0.1, 0.15) is 43.1 Å². The van der Waals surface area contributed by atoms with Gasteiger partial charge in [-0.05, 0) is 18.6 Å². The van der Waals surface area contributed by atoms with E-state index in [1.54, 1.807) is 6.07 Å². The van der Waals surface area contributed by atoms with Crippen LogP contribution in [0.4, 0.5) is 0 Å². The van der Waals surface area contributed by atoms with Crippen molar-refractivity contribution in [1.29, 1.82) is 0 Å². The Morgan fingerprint density at radius 2 is 2.25 bits per heavy atom. The summed E-state index contributed by atoms with van der Waals surface area (Å²) < 4.78 is 0. The normalized spacial score (nSPS) is 10.1. The van der Waals surface area contributed by atoms with Crippen molar-refractivity contribution in [2.24, 2.45) is 0 Å². The molecule has 1 heterocycles. The number of aromatic hydroxyl groups is 1. The molecule has 0 saturated heterocycles. The monoisotopic (exact) mass is 222 g/mol. The van der Waals surface area contributed by atoms with Gasteiger partial charge in [0.1, 0.15) is 5.75 Å². The molecule has 0 atom stereocenters. The van der Waals surface area contributed by atoms with Gasteiger partial charge < -0.3 is 10.4 Å². The lowest BCUT2D eigenvalue weighted by molar-refractivity contribution is 0.0945. The Bertz CT molecular complexity index is 340. The molecule has 0 spiro atoms. The van der Waals surface area contributed by atoms with E-state index in [0.29, 0.717) is 6.54 Å². The summed E-state index contributed by atoms with van der Waals surface area (Å²) in [5.41, 5.74) is 0.0954. The van der Waals surface area contributed by atoms with Crippen molar-refractivity contribution in [3.05, 3.63) is 24.0 Å². The number of aromatic nitrogens is 1. The van der Waals surface area contributed by atoms with Crippen molar-refractivity contribution in [2.75, 3.05) is 6.54 Å². The molecule has 88 valence electrons. The van der Waals surface area contributed by atoms with Gasteiger partial charge in [0, 0.05) is 12.7 Å². The Morgan fingerprint density at radius 3 is 2.94 bits per heavy atom. The third kappa shape index (κ3) is 3.88. The maximum absolute atomic E-state index is 11.6. The van der Waals surface area contributed by atoms with Crippen LogP contribution in [-0.2, 0) is 0 Å². The largest absolute Gasteiger partial charge is 0.505 e. The van der Waals surface area contributed by atoms with Crippen molar-refractivity contribution >= 4 is 5.91 Å². The zero-order valence-electron chi connectivity index (χ0n) is 9.57. The van der Waals surface area contributed by atoms with Crippen LogP contribution in [0.5, 0.6) is 5.75 Å². The Labute approximate surface area is 95.7 Å². The summed E-state index contributed by atoms with van der Waals surface area (Å²) in [7, 11) is 0. The van der Waals surface area contributed by atoms with Crippen LogP contribution in [0.2, 0.25) is 0 Å². The highest BCUT2D eigenvalue weighted by Crippen LogP contribution is 2.11. The summed E-state index contributed by atoms with van der Waals surface area (Å²) in [5.74, 6) is -0.386. The fourth-order valence-corrected chi connectivity index (χ4v) is 1.41. The van der Waals surface area contributed by atoms with Gasteiger partial charge in [-0.15, -0.1) is 0 Å². The standard InChI is InChI=1S/C12H18N2O2/c1-2-3-4-5-8-14-12(16)11-10(15)7-6-9-13-11/h6-7,9,15H,2-5,8H2,1H3,(H,14,16). The first-order valence-corrected chi connectivity index (χ1v) is 5.68. The molecule has 1 amide bonds. The molecule has 0 radical (unpaired) electrons. The van der Waals surface area contributed by atoms with E-state index in [4.69, 9.17) is 0 Å². The van der Waals surface area contributed by atoms with Gasteiger partial charge >= 0.3 is 0 Å². The first-order chi connectivity index (χ1) is 7.75. The summed E-state index contributed by atoms with van der Waals surface area (Å²) in [5, 5.41) is 12.1. The minimum Gasteiger partial charge on any atom is -0.505 e. The molecule has 0 bridgehead atoms. The van der Waals surface area contributed by atoms with Gasteiger partial charge in [0.2, 0.25) is 0 Å². The van der Waals surface area contributed by atoms with E-state index >= 15 is 0 Å². The third-order valence-corrected chi connectivity index (χ3v) is 2.32. The lowest BCUT2D eigenvalue weighted by Crippen LogP contribution is -2.25. The van der Waals surface area contributed by atoms with Crippen molar-refractivity contribution in [3.63, 3.8) is 0 Å². The first-order valence-electron chi connectivity index (χ1n) is 5.68. The molecule has 2 N–H and O–H groups in total. The predicted octanol–water partition coefficient (Wildman–Crippen LogP) is 2.10. The van der Waals surface area contributed by atoms with Crippen LogP contribution in [0.25, 0.3) is 0 Å². The van der Waals surface area contributed by atoms with Crippen LogP contribution in [0.15, 0.2) is 18.3 Å². The lowest BCUT2D eigenvalue weighted by atomic mass is 10.2. The maximum Gasteiger partial charge on any atom is 0.273 e. The molecule has 0 aliphatic carbocycles. The third-order valence-electron chi connectivity index (χ3n) is 2.32. The molecule has 1 rings (SSSR count). The van der Waals surface area contributed by atoms with E-state index < -0.39 is 0 Å². The van der Waals surface area contributed by atoms with Gasteiger partial charge in [0.05, 0.1) is 0 Å². The number of carbonyl (C=O) groups is 1. The minimum atomic E-state index is -0.311. The quantitative estimate of drug-likeness (QED) is 0.724. The lowest BCUT2D eigenvalue weighted by Gasteiger charge is -2.05. The molecule has 0 fully saturated rings. The number of rotatable bonds is 6. The molecule has 16 heavy (non-hydrogen) atoms. The van der Waals surface area contributed by atoms with Crippen molar-refractivity contribution < 1.29 is 9.90 Å². The smallest absolute Gasteiger partial charge is 0.273 e. The van der Waals surface area contributed by atoms with Crippen molar-refractivity contribution in [3.8, 4) is 5.75 Å². The maximum atomic E-state index is 11.6. The number of amides is 1. The van der Waals surface area contributed by atoms with Gasteiger partial charge in [-0.3, -0.25) is 4.79 Å². The Morgan fingerprint density at radius 1 is 1.44 bits per heavy atom. The fraction of sp³-hybridized carbons (Fsp3) is 0.500. The zero-order chi connectivity index (χ0) is 11.8. The molecule has 0 aromatic carbocycles. The Hall–Kier alpha value is -1.58. The highest BCUT2D eigenvalue weighted by Gasteiger charge is 2.10. The average molecular weight is 222 g/mol. The van der Waals surface area contributed by atoms with Crippen LogP contribution in [0, 0.1) is 0 Å². The zero-order valence-corrected chi connectivity index (χ0v) is 9.57. The van der Waals surface area contributed by atoms with Gasteiger partial charge in [0.25, 0.3) is 5.91 Å². The van der Waals surface area contributed by atoms with E-state index in [-0.39, 0.29) is 17.4 Å². The molecule has 0 unspecified atom stereocenters. The van der Waals surface area contributed by atoms with Gasteiger partial charge in [0.15, 0.2) is 5.69 Å². The van der Waals surface area contributed by atoms with Gasteiger partial charge in [-0.2, -0.15) is 0 Å². The second kappa shape index (κ2) is 6.82. The summed E-state index contributed by atoms with van der Waals surface area (Å²) >= 11 is 0. The van der Waals surface area contributed by atoms with Gasteiger partial charge in [-0.25, -0.2) is 4.98 Å². The number of hydrogen-bond acceptors (Lipinski definition) is 3. The van der Waals surface area contributed by atoms with Gasteiger partial charge in [-0.1, -0.05) is 26.2 Å². The molecule has 1 aromatic rings. The predicted molar refractivity (Wildman–Crippen MR) is 62.4 cm³/mol. The first kappa shape index (κ1) is 12.5. The van der Waals surface area contributed by atoms with E-state index in [0.717, 1.165) is 12.8 Å². The van der Waals surface area contributed by atoms with E-state index in [1.807, 2.05) is 0 Å². The summed E-state index contributed by atoms with van der Waals surface area (Å²) in [4.78, 5) is 15.4. The average Bonchev–Trinajstić information content (AvgIpc) is 2.29. The molecule has 4 heteroatoms. The number of nitrogens with zero attached hydrogens (tertiary/aromatic N) is 1. The second-order valence-electron chi connectivity index (χ2n) is 3.69. The summed E-state index contributed by atoms with van der Waals surface area (Å²) in [6.07, 6.45) is 5.93.